The van der Waals surface area contributed by atoms with Crippen molar-refractivity contribution in [3.8, 4) is 0 Å². The molecule has 0 N–H and O–H groups in total. The maximum Gasteiger partial charge on any atom is 0.307 e. The molecular weight excluding hydrogens is 238 g/mol. The Bertz CT molecular complexity index is 379. The van der Waals surface area contributed by atoms with Crippen LogP contribution in [0.15, 0.2) is 24.3 Å². The SMILES string of the molecule is CCOC(=O)C[C@@H](c1ccccc1Cl)N(C)C. The van der Waals surface area contributed by atoms with Gasteiger partial charge in [-0.3, -0.25) is 4.79 Å². The summed E-state index contributed by atoms with van der Waals surface area (Å²) in [5.41, 5.74) is 0.951. The lowest BCUT2D eigenvalue weighted by atomic mass is 10.0. The van der Waals surface area contributed by atoms with E-state index in [1.807, 2.05) is 43.3 Å². The average Bonchev–Trinajstić information content (AvgIpc) is 2.27. The minimum Gasteiger partial charge on any atom is -0.466 e. The topological polar surface area (TPSA) is 29.5 Å². The zero-order chi connectivity index (χ0) is 12.8. The Hall–Kier alpha value is -1.06. The monoisotopic (exact) mass is 255 g/mol. The largest absolute Gasteiger partial charge is 0.466 e. The van der Waals surface area contributed by atoms with Crippen LogP contribution in [0.2, 0.25) is 5.02 Å². The Labute approximate surface area is 107 Å². The molecule has 1 aromatic carbocycles. The van der Waals surface area contributed by atoms with Crippen molar-refractivity contribution in [1.82, 2.24) is 4.90 Å². The number of hydrogen-bond donors (Lipinski definition) is 0. The lowest BCUT2D eigenvalue weighted by Crippen LogP contribution is -2.24. The summed E-state index contributed by atoms with van der Waals surface area (Å²) in [6, 6.07) is 7.51. The van der Waals surface area contributed by atoms with Gasteiger partial charge in [0.15, 0.2) is 0 Å². The molecule has 0 unspecified atom stereocenters. The number of ether oxygens (including phenoxy) is 1. The Kier molecular flexibility index (Phi) is 5.45. The van der Waals surface area contributed by atoms with Gasteiger partial charge in [0.05, 0.1) is 13.0 Å². The van der Waals surface area contributed by atoms with Crippen LogP contribution < -0.4 is 0 Å². The highest BCUT2D eigenvalue weighted by molar-refractivity contribution is 6.31. The van der Waals surface area contributed by atoms with E-state index in [1.165, 1.54) is 0 Å². The third-order valence-electron chi connectivity index (χ3n) is 2.55. The van der Waals surface area contributed by atoms with Gasteiger partial charge in [0.2, 0.25) is 0 Å². The van der Waals surface area contributed by atoms with Crippen molar-refractivity contribution in [2.75, 3.05) is 20.7 Å². The summed E-state index contributed by atoms with van der Waals surface area (Å²) >= 11 is 6.14. The summed E-state index contributed by atoms with van der Waals surface area (Å²) in [6.07, 6.45) is 0.310. The second-order valence-electron chi connectivity index (χ2n) is 4.01. The number of esters is 1. The van der Waals surface area contributed by atoms with Gasteiger partial charge >= 0.3 is 5.97 Å². The molecule has 0 aromatic heterocycles. The van der Waals surface area contributed by atoms with Gasteiger partial charge in [-0.15, -0.1) is 0 Å². The average molecular weight is 256 g/mol. The summed E-state index contributed by atoms with van der Waals surface area (Å²) in [4.78, 5) is 13.5. The van der Waals surface area contributed by atoms with Gasteiger partial charge < -0.3 is 9.64 Å². The van der Waals surface area contributed by atoms with Crippen molar-refractivity contribution in [2.45, 2.75) is 19.4 Å². The molecule has 0 amide bonds. The van der Waals surface area contributed by atoms with Crippen LogP contribution in [-0.2, 0) is 9.53 Å². The molecule has 1 aromatic rings. The van der Waals surface area contributed by atoms with Crippen molar-refractivity contribution in [2.24, 2.45) is 0 Å². The number of rotatable bonds is 5. The number of benzene rings is 1. The standard InChI is InChI=1S/C13H18ClNO2/c1-4-17-13(16)9-12(15(2)3)10-7-5-6-8-11(10)14/h5-8,12H,4,9H2,1-3H3/t12-/m0/s1. The van der Waals surface area contributed by atoms with Crippen LogP contribution in [0.25, 0.3) is 0 Å². The van der Waals surface area contributed by atoms with E-state index in [2.05, 4.69) is 0 Å². The summed E-state index contributed by atoms with van der Waals surface area (Å²) in [5.74, 6) is -0.203. The molecule has 0 fully saturated rings. The molecule has 0 bridgehead atoms. The van der Waals surface area contributed by atoms with E-state index >= 15 is 0 Å². The van der Waals surface area contributed by atoms with E-state index in [9.17, 15) is 4.79 Å². The second-order valence-corrected chi connectivity index (χ2v) is 4.42. The second kappa shape index (κ2) is 6.62. The van der Waals surface area contributed by atoms with E-state index in [-0.39, 0.29) is 12.0 Å². The molecule has 0 aliphatic rings. The summed E-state index contributed by atoms with van der Waals surface area (Å²) in [5, 5.41) is 0.676. The molecule has 4 heteroatoms. The first-order valence-electron chi connectivity index (χ1n) is 5.62. The van der Waals surface area contributed by atoms with Gasteiger partial charge in [0, 0.05) is 11.1 Å². The molecule has 17 heavy (non-hydrogen) atoms. The van der Waals surface area contributed by atoms with Gasteiger partial charge in [0.1, 0.15) is 0 Å². The van der Waals surface area contributed by atoms with E-state index in [0.717, 1.165) is 5.56 Å². The van der Waals surface area contributed by atoms with Crippen molar-refractivity contribution in [3.63, 3.8) is 0 Å². The predicted molar refractivity (Wildman–Crippen MR) is 69.1 cm³/mol. The van der Waals surface area contributed by atoms with E-state index < -0.39 is 0 Å². The predicted octanol–water partition coefficient (Wildman–Crippen LogP) is 2.90. The van der Waals surface area contributed by atoms with Crippen LogP contribution in [0.1, 0.15) is 24.9 Å². The lowest BCUT2D eigenvalue weighted by Gasteiger charge is -2.24. The fraction of sp³-hybridized carbons (Fsp3) is 0.462. The number of halogens is 1. The molecular formula is C13H18ClNO2. The molecule has 0 saturated carbocycles. The van der Waals surface area contributed by atoms with Crippen LogP contribution in [0.4, 0.5) is 0 Å². The van der Waals surface area contributed by atoms with Crippen LogP contribution >= 0.6 is 11.6 Å². The van der Waals surface area contributed by atoms with Gasteiger partial charge in [0.25, 0.3) is 0 Å². The molecule has 0 aliphatic heterocycles. The van der Waals surface area contributed by atoms with Crippen molar-refractivity contribution >= 4 is 17.6 Å². The van der Waals surface area contributed by atoms with E-state index in [4.69, 9.17) is 16.3 Å². The smallest absolute Gasteiger partial charge is 0.307 e. The first kappa shape index (κ1) is 14.0. The number of carbonyl (C=O) groups is 1. The Morgan fingerprint density at radius 1 is 1.41 bits per heavy atom. The highest BCUT2D eigenvalue weighted by atomic mass is 35.5. The molecule has 1 rings (SSSR count). The first-order valence-corrected chi connectivity index (χ1v) is 6.00. The maximum atomic E-state index is 11.6. The van der Waals surface area contributed by atoms with Crippen LogP contribution in [0.5, 0.6) is 0 Å². The zero-order valence-electron chi connectivity index (χ0n) is 10.4. The quantitative estimate of drug-likeness (QED) is 0.758. The molecule has 0 radical (unpaired) electrons. The minimum absolute atomic E-state index is 0.0530. The number of nitrogens with zero attached hydrogens (tertiary/aromatic N) is 1. The summed E-state index contributed by atoms with van der Waals surface area (Å²) in [7, 11) is 3.85. The normalized spacial score (nSPS) is 12.5. The Morgan fingerprint density at radius 2 is 2.06 bits per heavy atom. The van der Waals surface area contributed by atoms with E-state index in [1.54, 1.807) is 6.92 Å². The molecule has 94 valence electrons. The van der Waals surface area contributed by atoms with Crippen molar-refractivity contribution < 1.29 is 9.53 Å². The number of carbonyl (C=O) groups excluding carboxylic acids is 1. The number of hydrogen-bond acceptors (Lipinski definition) is 3. The van der Waals surface area contributed by atoms with Crippen LogP contribution in [0, 0.1) is 0 Å². The fourth-order valence-electron chi connectivity index (χ4n) is 1.69. The Balaban J connectivity index is 2.87. The minimum atomic E-state index is -0.203. The van der Waals surface area contributed by atoms with E-state index in [0.29, 0.717) is 18.1 Å². The highest BCUT2D eigenvalue weighted by Crippen LogP contribution is 2.28. The van der Waals surface area contributed by atoms with Crippen LogP contribution in [0.3, 0.4) is 0 Å². The first-order chi connectivity index (χ1) is 8.06. The third kappa shape index (κ3) is 4.02. The molecule has 0 spiro atoms. The fourth-order valence-corrected chi connectivity index (χ4v) is 1.96. The Morgan fingerprint density at radius 3 is 2.59 bits per heavy atom. The van der Waals surface area contributed by atoms with Crippen molar-refractivity contribution in [3.05, 3.63) is 34.9 Å². The maximum absolute atomic E-state index is 11.6. The molecule has 3 nitrogen and oxygen atoms in total. The molecule has 0 heterocycles. The molecule has 0 saturated heterocycles. The van der Waals surface area contributed by atoms with Gasteiger partial charge in [-0.2, -0.15) is 0 Å². The lowest BCUT2D eigenvalue weighted by molar-refractivity contribution is -0.144. The summed E-state index contributed by atoms with van der Waals surface area (Å²) < 4.78 is 4.98. The van der Waals surface area contributed by atoms with Gasteiger partial charge in [-0.05, 0) is 32.6 Å². The zero-order valence-corrected chi connectivity index (χ0v) is 11.2. The highest BCUT2D eigenvalue weighted by Gasteiger charge is 2.20. The summed E-state index contributed by atoms with van der Waals surface area (Å²) in [6.45, 7) is 2.21. The molecule has 0 aliphatic carbocycles. The van der Waals surface area contributed by atoms with Gasteiger partial charge in [-0.25, -0.2) is 0 Å². The molecule has 1 atom stereocenters. The van der Waals surface area contributed by atoms with Crippen molar-refractivity contribution in [1.29, 1.82) is 0 Å². The third-order valence-corrected chi connectivity index (χ3v) is 2.90. The van der Waals surface area contributed by atoms with Crippen LogP contribution in [-0.4, -0.2) is 31.6 Å². The van der Waals surface area contributed by atoms with Gasteiger partial charge in [-0.1, -0.05) is 29.8 Å².